The molecule has 0 aliphatic carbocycles. The summed E-state index contributed by atoms with van der Waals surface area (Å²) in [6, 6.07) is 4.78. The number of rotatable bonds is 8. The summed E-state index contributed by atoms with van der Waals surface area (Å²) < 4.78 is 6.49. The Morgan fingerprint density at radius 1 is 1.12 bits per heavy atom. The van der Waals surface area contributed by atoms with Crippen molar-refractivity contribution in [1.82, 2.24) is 0 Å². The first-order valence-electron chi connectivity index (χ1n) is 8.20. The van der Waals surface area contributed by atoms with Crippen LogP contribution in [0.1, 0.15) is 47.1 Å². The van der Waals surface area contributed by atoms with Crippen molar-refractivity contribution in [2.75, 3.05) is 7.11 Å². The van der Waals surface area contributed by atoms with Crippen molar-refractivity contribution in [2.45, 2.75) is 58.2 Å². The zero-order valence-corrected chi connectivity index (χ0v) is 16.6. The molecule has 0 N–H and O–H groups in total. The summed E-state index contributed by atoms with van der Waals surface area (Å²) in [5, 5.41) is 15.1. The van der Waals surface area contributed by atoms with Gasteiger partial charge >= 0.3 is 5.69 Å². The van der Waals surface area contributed by atoms with Gasteiger partial charge in [0.05, 0.1) is 11.1 Å². The maximum atomic E-state index is 11.4. The summed E-state index contributed by atoms with van der Waals surface area (Å²) in [5.74, 6) is 0.322. The number of oxime groups is 1. The van der Waals surface area contributed by atoms with Crippen LogP contribution in [0.3, 0.4) is 0 Å². The zero-order valence-electron chi connectivity index (χ0n) is 15.6. The van der Waals surface area contributed by atoms with Crippen LogP contribution in [0.25, 0.3) is 0 Å². The first kappa shape index (κ1) is 20.2. The smallest absolute Gasteiger partial charge is 0.309 e. The average molecular weight is 353 g/mol. The SMILES string of the molecule is CO/N=C/c1ccc([N+](=O)[O-])c(O[Si](C(C)C)(C(C)C)C(C)C)c1. The Kier molecular flexibility index (Phi) is 6.95. The van der Waals surface area contributed by atoms with E-state index in [1.165, 1.54) is 19.4 Å². The van der Waals surface area contributed by atoms with E-state index in [9.17, 15) is 10.1 Å². The lowest BCUT2D eigenvalue weighted by Gasteiger charge is -2.42. The van der Waals surface area contributed by atoms with E-state index in [2.05, 4.69) is 51.5 Å². The zero-order chi connectivity index (χ0) is 18.5. The van der Waals surface area contributed by atoms with Crippen molar-refractivity contribution in [3.8, 4) is 5.75 Å². The molecule has 0 saturated carbocycles. The molecule has 6 nitrogen and oxygen atoms in total. The fourth-order valence-electron chi connectivity index (χ4n) is 3.50. The minimum Gasteiger partial charge on any atom is -0.538 e. The molecule has 0 amide bonds. The third-order valence-corrected chi connectivity index (χ3v) is 10.5. The molecule has 1 aromatic rings. The lowest BCUT2D eigenvalue weighted by Crippen LogP contribution is -2.50. The van der Waals surface area contributed by atoms with Crippen LogP contribution in [0.2, 0.25) is 16.6 Å². The third kappa shape index (κ3) is 4.14. The van der Waals surface area contributed by atoms with Crippen LogP contribution in [0, 0.1) is 10.1 Å². The van der Waals surface area contributed by atoms with Crippen molar-refractivity contribution >= 4 is 20.2 Å². The number of nitro benzene ring substituents is 1. The summed E-state index contributed by atoms with van der Waals surface area (Å²) in [6.45, 7) is 12.9. The molecule has 0 aliphatic rings. The quantitative estimate of drug-likeness (QED) is 0.281. The normalized spacial score (nSPS) is 12.4. The molecule has 0 aromatic heterocycles. The Morgan fingerprint density at radius 3 is 2.08 bits per heavy atom. The molecule has 0 fully saturated rings. The molecule has 24 heavy (non-hydrogen) atoms. The van der Waals surface area contributed by atoms with Gasteiger partial charge in [0, 0.05) is 11.6 Å². The highest BCUT2D eigenvalue weighted by atomic mass is 28.4. The van der Waals surface area contributed by atoms with Gasteiger partial charge in [0.15, 0.2) is 5.75 Å². The van der Waals surface area contributed by atoms with Gasteiger partial charge in [-0.25, -0.2) is 0 Å². The van der Waals surface area contributed by atoms with Crippen molar-refractivity contribution in [3.63, 3.8) is 0 Å². The largest absolute Gasteiger partial charge is 0.538 e. The summed E-state index contributed by atoms with van der Waals surface area (Å²) >= 11 is 0. The maximum Gasteiger partial charge on any atom is 0.309 e. The Labute approximate surface area is 145 Å². The van der Waals surface area contributed by atoms with E-state index in [0.717, 1.165) is 0 Å². The highest BCUT2D eigenvalue weighted by Gasteiger charge is 2.47. The van der Waals surface area contributed by atoms with Gasteiger partial charge in [0.2, 0.25) is 0 Å². The van der Waals surface area contributed by atoms with E-state index in [1.807, 2.05) is 0 Å². The third-order valence-electron chi connectivity index (χ3n) is 4.48. The number of nitrogens with zero attached hydrogens (tertiary/aromatic N) is 2. The van der Waals surface area contributed by atoms with Gasteiger partial charge in [-0.05, 0) is 28.8 Å². The van der Waals surface area contributed by atoms with Crippen LogP contribution in [0.4, 0.5) is 5.69 Å². The van der Waals surface area contributed by atoms with Gasteiger partial charge in [-0.3, -0.25) is 10.1 Å². The lowest BCUT2D eigenvalue weighted by molar-refractivity contribution is -0.385. The van der Waals surface area contributed by atoms with E-state index < -0.39 is 13.2 Å². The highest BCUT2D eigenvalue weighted by Crippen LogP contribution is 2.44. The summed E-state index contributed by atoms with van der Waals surface area (Å²) in [5.41, 5.74) is 1.68. The van der Waals surface area contributed by atoms with Crippen LogP contribution < -0.4 is 4.43 Å². The van der Waals surface area contributed by atoms with Crippen LogP contribution in [-0.2, 0) is 4.84 Å². The molecule has 0 spiro atoms. The van der Waals surface area contributed by atoms with E-state index >= 15 is 0 Å². The summed E-state index contributed by atoms with van der Waals surface area (Å²) in [4.78, 5) is 15.7. The number of nitro groups is 1. The van der Waals surface area contributed by atoms with Crippen LogP contribution >= 0.6 is 0 Å². The predicted octanol–water partition coefficient (Wildman–Crippen LogP) is 5.13. The molecule has 1 aromatic carbocycles. The standard InChI is InChI=1S/C17H28N2O4Si/c1-12(2)24(13(3)4,14(5)6)23-17-10-15(11-18-22-7)8-9-16(17)19(20)21/h8-14H,1-7H3/b18-11+. The number of hydrogen-bond donors (Lipinski definition) is 0. The molecule has 0 heterocycles. The van der Waals surface area contributed by atoms with E-state index in [1.54, 1.807) is 12.1 Å². The first-order valence-corrected chi connectivity index (χ1v) is 10.3. The Morgan fingerprint density at radius 2 is 1.67 bits per heavy atom. The molecule has 134 valence electrons. The molecule has 7 heteroatoms. The molecule has 1 rings (SSSR count). The minimum absolute atomic E-state index is 0.0107. The second-order valence-corrected chi connectivity index (χ2v) is 12.2. The van der Waals surface area contributed by atoms with Gasteiger partial charge in [-0.1, -0.05) is 46.7 Å². The molecule has 0 atom stereocenters. The van der Waals surface area contributed by atoms with Crippen molar-refractivity contribution < 1.29 is 14.2 Å². The number of benzene rings is 1. The van der Waals surface area contributed by atoms with Crippen molar-refractivity contribution in [1.29, 1.82) is 0 Å². The second-order valence-electron chi connectivity index (χ2n) is 6.82. The predicted molar refractivity (Wildman–Crippen MR) is 99.4 cm³/mol. The molecular formula is C17H28N2O4Si. The molecule has 0 aliphatic heterocycles. The number of hydrogen-bond acceptors (Lipinski definition) is 5. The molecule has 0 bridgehead atoms. The monoisotopic (exact) mass is 352 g/mol. The van der Waals surface area contributed by atoms with Crippen LogP contribution in [-0.4, -0.2) is 26.6 Å². The van der Waals surface area contributed by atoms with Crippen molar-refractivity contribution in [3.05, 3.63) is 33.9 Å². The van der Waals surface area contributed by atoms with Crippen LogP contribution in [0.5, 0.6) is 5.75 Å². The molecule has 0 unspecified atom stereocenters. The van der Waals surface area contributed by atoms with E-state index in [0.29, 0.717) is 27.9 Å². The second kappa shape index (κ2) is 8.28. The Hall–Kier alpha value is -1.89. The Balaban J connectivity index is 3.45. The fourth-order valence-corrected chi connectivity index (χ4v) is 8.75. The van der Waals surface area contributed by atoms with Crippen molar-refractivity contribution in [2.24, 2.45) is 5.16 Å². The summed E-state index contributed by atoms with van der Waals surface area (Å²) in [7, 11) is -0.828. The maximum absolute atomic E-state index is 11.4. The lowest BCUT2D eigenvalue weighted by atomic mass is 10.2. The van der Waals surface area contributed by atoms with Gasteiger partial charge in [-0.2, -0.15) is 0 Å². The first-order chi connectivity index (χ1) is 11.2. The summed E-state index contributed by atoms with van der Waals surface area (Å²) in [6.07, 6.45) is 1.51. The minimum atomic E-state index is -2.28. The molecule has 0 saturated heterocycles. The van der Waals surface area contributed by atoms with E-state index in [-0.39, 0.29) is 5.69 Å². The Bertz CT molecular complexity index is 578. The van der Waals surface area contributed by atoms with Gasteiger partial charge in [0.1, 0.15) is 7.11 Å². The van der Waals surface area contributed by atoms with Gasteiger partial charge in [0.25, 0.3) is 8.32 Å². The van der Waals surface area contributed by atoms with Gasteiger partial charge in [-0.15, -0.1) is 0 Å². The van der Waals surface area contributed by atoms with Gasteiger partial charge < -0.3 is 9.26 Å². The van der Waals surface area contributed by atoms with Crippen LogP contribution in [0.15, 0.2) is 23.4 Å². The molecular weight excluding hydrogens is 324 g/mol. The average Bonchev–Trinajstić information content (AvgIpc) is 2.49. The highest BCUT2D eigenvalue weighted by molar-refractivity contribution is 6.78. The molecule has 0 radical (unpaired) electrons. The topological polar surface area (TPSA) is 74.0 Å². The van der Waals surface area contributed by atoms with E-state index in [4.69, 9.17) is 4.43 Å². The fraction of sp³-hybridized carbons (Fsp3) is 0.588.